The highest BCUT2D eigenvalue weighted by Crippen LogP contribution is 2.14. The summed E-state index contributed by atoms with van der Waals surface area (Å²) in [6, 6.07) is 13.2. The van der Waals surface area contributed by atoms with Gasteiger partial charge in [0.15, 0.2) is 6.10 Å². The van der Waals surface area contributed by atoms with Crippen molar-refractivity contribution < 1.29 is 14.4 Å². The van der Waals surface area contributed by atoms with E-state index in [9.17, 15) is 4.79 Å². The molecule has 0 radical (unpaired) electrons. The molecule has 0 unspecified atom stereocenters. The van der Waals surface area contributed by atoms with Crippen molar-refractivity contribution in [3.05, 3.63) is 52.2 Å². The van der Waals surface area contributed by atoms with Crippen LogP contribution >= 0.6 is 11.3 Å². The van der Waals surface area contributed by atoms with Gasteiger partial charge in [0.2, 0.25) is 0 Å². The van der Waals surface area contributed by atoms with Gasteiger partial charge in [0.05, 0.1) is 42.7 Å². The third-order valence-electron chi connectivity index (χ3n) is 4.43. The van der Waals surface area contributed by atoms with E-state index in [1.807, 2.05) is 4.90 Å². The van der Waals surface area contributed by atoms with Crippen molar-refractivity contribution in [1.29, 1.82) is 5.26 Å². The van der Waals surface area contributed by atoms with E-state index >= 15 is 0 Å². The van der Waals surface area contributed by atoms with Crippen LogP contribution in [-0.2, 0) is 11.3 Å². The van der Waals surface area contributed by atoms with E-state index in [0.29, 0.717) is 11.3 Å². The second-order valence-electron chi connectivity index (χ2n) is 6.23. The standard InChI is InChI=1S/C19H21N3O2S/c1-15(24-17-6-4-16(13-20)5-7-17)19(23)22-10-8-21(9-11-22)14-18-3-2-12-25-18/h2-7,12,15H,8-11,14H2,1H3/p+1/t15-/m1/s1. The summed E-state index contributed by atoms with van der Waals surface area (Å²) >= 11 is 1.79. The van der Waals surface area contributed by atoms with Gasteiger partial charge in [-0.2, -0.15) is 5.26 Å². The molecule has 0 saturated carbocycles. The maximum absolute atomic E-state index is 12.6. The third-order valence-corrected chi connectivity index (χ3v) is 5.31. The number of nitrogens with one attached hydrogen (secondary N) is 1. The van der Waals surface area contributed by atoms with E-state index in [1.54, 1.807) is 42.5 Å². The summed E-state index contributed by atoms with van der Waals surface area (Å²) in [7, 11) is 0. The van der Waals surface area contributed by atoms with Gasteiger partial charge in [0.25, 0.3) is 5.91 Å². The predicted octanol–water partition coefficient (Wildman–Crippen LogP) is 1.31. The van der Waals surface area contributed by atoms with Gasteiger partial charge < -0.3 is 14.5 Å². The van der Waals surface area contributed by atoms with E-state index in [1.165, 1.54) is 9.78 Å². The average molecular weight is 356 g/mol. The molecule has 1 aromatic heterocycles. The number of thiophene rings is 1. The van der Waals surface area contributed by atoms with Gasteiger partial charge in [0.1, 0.15) is 12.3 Å². The number of amides is 1. The minimum absolute atomic E-state index is 0.0273. The molecule has 130 valence electrons. The molecule has 1 aliphatic heterocycles. The minimum atomic E-state index is -0.521. The maximum Gasteiger partial charge on any atom is 0.263 e. The monoisotopic (exact) mass is 356 g/mol. The number of hydrogen-bond donors (Lipinski definition) is 1. The van der Waals surface area contributed by atoms with Crippen molar-refractivity contribution in [2.45, 2.75) is 19.6 Å². The van der Waals surface area contributed by atoms with Crippen molar-refractivity contribution in [1.82, 2.24) is 4.90 Å². The van der Waals surface area contributed by atoms with Crippen LogP contribution in [0.3, 0.4) is 0 Å². The van der Waals surface area contributed by atoms with Crippen LogP contribution in [0, 0.1) is 11.3 Å². The van der Waals surface area contributed by atoms with Crippen molar-refractivity contribution in [3.63, 3.8) is 0 Å². The number of carbonyl (C=O) groups excluding carboxylic acids is 1. The molecule has 1 aromatic carbocycles. The van der Waals surface area contributed by atoms with Crippen LogP contribution in [0.15, 0.2) is 41.8 Å². The molecule has 1 aliphatic rings. The van der Waals surface area contributed by atoms with Crippen LogP contribution in [0.25, 0.3) is 0 Å². The summed E-state index contributed by atoms with van der Waals surface area (Å²) in [4.78, 5) is 17.4. The molecule has 1 atom stereocenters. The molecule has 3 rings (SSSR count). The lowest BCUT2D eigenvalue weighted by Crippen LogP contribution is -3.13. The van der Waals surface area contributed by atoms with E-state index in [4.69, 9.17) is 10.00 Å². The number of ether oxygens (including phenoxy) is 1. The number of piperazine rings is 1. The fraction of sp³-hybridized carbons (Fsp3) is 0.368. The van der Waals surface area contributed by atoms with Crippen molar-refractivity contribution >= 4 is 17.2 Å². The molecule has 1 N–H and O–H groups in total. The zero-order valence-electron chi connectivity index (χ0n) is 14.3. The van der Waals surface area contributed by atoms with Crippen LogP contribution in [0.2, 0.25) is 0 Å². The number of nitriles is 1. The molecular weight excluding hydrogens is 334 g/mol. The number of rotatable bonds is 5. The van der Waals surface area contributed by atoms with Crippen molar-refractivity contribution in [3.8, 4) is 11.8 Å². The number of nitrogens with zero attached hydrogens (tertiary/aromatic N) is 2. The Hall–Kier alpha value is -2.36. The molecule has 2 heterocycles. The van der Waals surface area contributed by atoms with Gasteiger partial charge in [0, 0.05) is 0 Å². The number of quaternary nitrogens is 1. The van der Waals surface area contributed by atoms with Gasteiger partial charge in [-0.05, 0) is 42.6 Å². The molecule has 5 nitrogen and oxygen atoms in total. The van der Waals surface area contributed by atoms with Gasteiger partial charge in [-0.3, -0.25) is 4.79 Å². The second-order valence-corrected chi connectivity index (χ2v) is 7.26. The fourth-order valence-corrected chi connectivity index (χ4v) is 3.78. The van der Waals surface area contributed by atoms with Crippen LogP contribution in [0.5, 0.6) is 5.75 Å². The Morgan fingerprint density at radius 3 is 2.64 bits per heavy atom. The summed E-state index contributed by atoms with van der Waals surface area (Å²) in [5.74, 6) is 0.640. The van der Waals surface area contributed by atoms with Gasteiger partial charge in [-0.1, -0.05) is 6.07 Å². The van der Waals surface area contributed by atoms with E-state index in [-0.39, 0.29) is 5.91 Å². The first kappa shape index (κ1) is 17.5. The average Bonchev–Trinajstić information content (AvgIpc) is 3.15. The summed E-state index contributed by atoms with van der Waals surface area (Å²) in [6.07, 6.45) is -0.521. The SMILES string of the molecule is C[C@@H](Oc1ccc(C#N)cc1)C(=O)N1CC[NH+](Cc2cccs2)CC1. The zero-order chi connectivity index (χ0) is 17.6. The molecule has 6 heteroatoms. The highest BCUT2D eigenvalue weighted by Gasteiger charge is 2.28. The van der Waals surface area contributed by atoms with Crippen molar-refractivity contribution in [2.24, 2.45) is 0 Å². The van der Waals surface area contributed by atoms with Crippen LogP contribution in [0.1, 0.15) is 17.4 Å². The van der Waals surface area contributed by atoms with Gasteiger partial charge >= 0.3 is 0 Å². The molecule has 0 bridgehead atoms. The quantitative estimate of drug-likeness (QED) is 0.879. The van der Waals surface area contributed by atoms with Gasteiger partial charge in [-0.15, -0.1) is 11.3 Å². The third kappa shape index (κ3) is 4.59. The van der Waals surface area contributed by atoms with Crippen molar-refractivity contribution in [2.75, 3.05) is 26.2 Å². The first-order chi connectivity index (χ1) is 12.2. The topological polar surface area (TPSA) is 57.8 Å². The summed E-state index contributed by atoms with van der Waals surface area (Å²) in [5, 5.41) is 10.9. The zero-order valence-corrected chi connectivity index (χ0v) is 15.1. The Morgan fingerprint density at radius 2 is 2.04 bits per heavy atom. The lowest BCUT2D eigenvalue weighted by atomic mass is 10.2. The summed E-state index contributed by atoms with van der Waals surface area (Å²) < 4.78 is 5.74. The lowest BCUT2D eigenvalue weighted by molar-refractivity contribution is -0.917. The van der Waals surface area contributed by atoms with Crippen LogP contribution in [-0.4, -0.2) is 43.1 Å². The number of benzene rings is 1. The van der Waals surface area contributed by atoms with Crippen LogP contribution in [0.4, 0.5) is 0 Å². The molecule has 25 heavy (non-hydrogen) atoms. The normalized spacial score (nSPS) is 16.2. The Labute approximate surface area is 152 Å². The Bertz CT molecular complexity index is 729. The predicted molar refractivity (Wildman–Crippen MR) is 96.5 cm³/mol. The van der Waals surface area contributed by atoms with Gasteiger partial charge in [-0.25, -0.2) is 0 Å². The highest BCUT2D eigenvalue weighted by molar-refractivity contribution is 7.09. The summed E-state index contributed by atoms with van der Waals surface area (Å²) in [6.45, 7) is 6.28. The fourth-order valence-electron chi connectivity index (χ4n) is 3.00. The Kier molecular flexibility index (Phi) is 5.69. The van der Waals surface area contributed by atoms with Crippen LogP contribution < -0.4 is 9.64 Å². The molecular formula is C19H22N3O2S+. The Balaban J connectivity index is 1.48. The molecule has 1 saturated heterocycles. The molecule has 1 amide bonds. The molecule has 0 aliphatic carbocycles. The second kappa shape index (κ2) is 8.15. The molecule has 1 fully saturated rings. The lowest BCUT2D eigenvalue weighted by Gasteiger charge is -2.33. The minimum Gasteiger partial charge on any atom is -0.481 e. The number of carbonyl (C=O) groups is 1. The first-order valence-corrected chi connectivity index (χ1v) is 9.35. The first-order valence-electron chi connectivity index (χ1n) is 8.47. The largest absolute Gasteiger partial charge is 0.481 e. The Morgan fingerprint density at radius 1 is 1.32 bits per heavy atom. The van der Waals surface area contributed by atoms with E-state index < -0.39 is 6.10 Å². The maximum atomic E-state index is 12.6. The molecule has 2 aromatic rings. The number of hydrogen-bond acceptors (Lipinski definition) is 4. The van der Waals surface area contributed by atoms with E-state index in [0.717, 1.165) is 32.7 Å². The smallest absolute Gasteiger partial charge is 0.263 e. The molecule has 0 spiro atoms. The summed E-state index contributed by atoms with van der Waals surface area (Å²) in [5.41, 5.74) is 0.580. The van der Waals surface area contributed by atoms with E-state index in [2.05, 4.69) is 23.6 Å². The highest BCUT2D eigenvalue weighted by atomic mass is 32.1.